The summed E-state index contributed by atoms with van der Waals surface area (Å²) >= 11 is 0. The third-order valence-corrected chi connectivity index (χ3v) is 24.5. The number of nitrogens with zero attached hydrogens (tertiary/aromatic N) is 6. The number of aliphatic hydroxyl groups excluding tert-OH is 2. The summed E-state index contributed by atoms with van der Waals surface area (Å²) in [6.07, 6.45) is -0.300. The molecular formula is C87H93F2N7O25. The third kappa shape index (κ3) is 15.6. The minimum Gasteiger partial charge on any atom is -0.507 e. The lowest BCUT2D eigenvalue weighted by molar-refractivity contribution is -0.246. The van der Waals surface area contributed by atoms with Crippen molar-refractivity contribution in [2.75, 3.05) is 23.6 Å². The number of esters is 2. The quantitative estimate of drug-likeness (QED) is 0.0285. The number of carboxylic acids is 2. The molecule has 7 N–H and O–H groups in total. The van der Waals surface area contributed by atoms with Gasteiger partial charge in [-0.05, 0) is 115 Å². The standard InChI is InChI=1S/C87H93F2N7O25/c1-37-15-13-16-52(43(7)116-84(111)86(10,11)32-61(99)100)71(102)39(3)70(101)40(4)75(117-45(9)97)38(2)58(118-62-31-60-77(44(8)115-62)113-36-112-60)23-26-114-87(12)80(106)65-63-64(72(103)41(5)76(65)121-87)74(105)68(91-81(37)107)79-67(63)90-66-57(98)29-49(30-59(66)119-79)93-24-14-25-96-50(34-93)28-56(92-96)82(108)94-33-47-27-46(17-20-51(47)42(94)6)53-21-22-54-69(78(53)120-85(88)89)95(48-18-19-48)35-55(73(54)104)83(109)110/h13,15-17,20-23,26-30,35,38-40,42-44,48,52,58,60,62,70-71,75,77,85,98,101-103H,14,18-19,24-25,31-34,36H2,1-12H3,(H,91,107)(H,99,100)(H,109,110)/b16-13+,26-23+,37-15-/t38-,39+,40-,42-,43?,44-,52-,58+,60+,62+,70-,71-,75-,77-,87+/m1/s1. The fraction of sp³-hybridized carbons (Fsp3) is 0.460. The van der Waals surface area contributed by atoms with Crippen LogP contribution in [0.3, 0.4) is 0 Å². The number of ether oxygens (including phenoxy) is 9. The Morgan fingerprint density at radius 2 is 1.63 bits per heavy atom. The second kappa shape index (κ2) is 32.4. The summed E-state index contributed by atoms with van der Waals surface area (Å²) in [6.45, 7) is 15.4. The van der Waals surface area contributed by atoms with Gasteiger partial charge in [0.25, 0.3) is 17.6 Å². The molecule has 5 bridgehead atoms. The molecule has 2 amide bonds. The number of amides is 2. The van der Waals surface area contributed by atoms with Crippen LogP contribution in [0, 0.1) is 36.0 Å². The number of phenols is 2. The number of rotatable bonds is 15. The van der Waals surface area contributed by atoms with Gasteiger partial charge >= 0.3 is 36.3 Å². The topological polar surface area (TPSA) is 425 Å². The first-order valence-corrected chi connectivity index (χ1v) is 40.1. The maximum Gasteiger partial charge on any atom is 0.387 e. The van der Waals surface area contributed by atoms with Crippen LogP contribution < -0.4 is 30.5 Å². The van der Waals surface area contributed by atoms with Gasteiger partial charge < -0.3 is 97.4 Å². The number of benzene rings is 5. The molecule has 0 spiro atoms. The number of hydrogen-bond acceptors (Lipinski definition) is 26. The van der Waals surface area contributed by atoms with E-state index in [1.165, 1.54) is 115 Å². The van der Waals surface area contributed by atoms with E-state index in [1.807, 2.05) is 11.8 Å². The molecule has 2 aromatic heterocycles. The van der Waals surface area contributed by atoms with Crippen molar-refractivity contribution in [3.63, 3.8) is 0 Å². The Bertz CT molecular complexity index is 5790. The molecule has 640 valence electrons. The molecule has 2 saturated heterocycles. The van der Waals surface area contributed by atoms with Gasteiger partial charge in [-0.1, -0.05) is 51.1 Å². The number of nitrogens with one attached hydrogen (secondary N) is 1. The number of Topliss-reactive ketones (excluding diaryl/α,β-unsaturated/α-hetero) is 1. The number of hydrogen-bond donors (Lipinski definition) is 7. The monoisotopic (exact) mass is 1670 g/mol. The Morgan fingerprint density at radius 3 is 2.34 bits per heavy atom. The van der Waals surface area contributed by atoms with E-state index in [4.69, 9.17) is 57.1 Å². The highest BCUT2D eigenvalue weighted by atomic mass is 19.3. The number of aromatic hydroxyl groups is 2. The van der Waals surface area contributed by atoms with E-state index in [1.54, 1.807) is 54.6 Å². The fourth-order valence-electron chi connectivity index (χ4n) is 17.6. The highest BCUT2D eigenvalue weighted by molar-refractivity contribution is 6.22. The van der Waals surface area contributed by atoms with Gasteiger partial charge in [-0.25, -0.2) is 9.78 Å². The van der Waals surface area contributed by atoms with Gasteiger partial charge in [0.15, 0.2) is 29.1 Å². The zero-order valence-electron chi connectivity index (χ0n) is 68.3. The number of aliphatic hydroxyl groups is 2. The summed E-state index contributed by atoms with van der Waals surface area (Å²) in [5, 5.41) is 75.9. The molecule has 121 heavy (non-hydrogen) atoms. The Labute approximate surface area is 690 Å². The molecule has 10 heterocycles. The van der Waals surface area contributed by atoms with Crippen LogP contribution in [0.5, 0.6) is 23.0 Å². The molecule has 3 fully saturated rings. The van der Waals surface area contributed by atoms with Crippen LogP contribution in [-0.4, -0.2) is 177 Å². The summed E-state index contributed by atoms with van der Waals surface area (Å²) in [4.78, 5) is 134. The molecular weight excluding hydrogens is 1580 g/mol. The first-order chi connectivity index (χ1) is 57.3. The molecule has 10 aliphatic rings. The normalized spacial score (nSPS) is 27.1. The zero-order valence-corrected chi connectivity index (χ0v) is 68.3. The predicted molar refractivity (Wildman–Crippen MR) is 428 cm³/mol. The fourth-order valence-corrected chi connectivity index (χ4v) is 17.6. The number of carbonyl (C=O) groups is 7. The lowest BCUT2D eigenvalue weighted by atomic mass is 9.77. The maximum absolute atomic E-state index is 15.7. The van der Waals surface area contributed by atoms with E-state index in [-0.39, 0.29) is 105 Å². The molecule has 32 nitrogen and oxygen atoms in total. The van der Waals surface area contributed by atoms with Gasteiger partial charge in [-0.15, -0.1) is 0 Å². The lowest BCUT2D eigenvalue weighted by Crippen LogP contribution is -2.50. The second-order valence-corrected chi connectivity index (χ2v) is 33.3. The maximum atomic E-state index is 15.7. The number of alkyl halides is 2. The number of aromatic carboxylic acids is 1. The average molecular weight is 1670 g/mol. The van der Waals surface area contributed by atoms with Crippen LogP contribution in [0.4, 0.5) is 20.2 Å². The average Bonchev–Trinajstić information content (AvgIpc) is 1.64. The Hall–Kier alpha value is -11.7. The molecule has 16 rings (SSSR count). The number of fused-ring (bicyclic) bond motifs is 18. The van der Waals surface area contributed by atoms with Gasteiger partial charge in [0.05, 0.1) is 88.8 Å². The van der Waals surface area contributed by atoms with Crippen LogP contribution in [0.25, 0.3) is 55.4 Å². The van der Waals surface area contributed by atoms with E-state index in [0.29, 0.717) is 54.9 Å². The minimum atomic E-state index is -3.31. The largest absolute Gasteiger partial charge is 0.507 e. The number of ketones is 1. The number of phenolic OH excluding ortho intramolecular Hbond substituents is 2. The summed E-state index contributed by atoms with van der Waals surface area (Å²) in [5.41, 5.74) is -2.65. The number of aliphatic carboxylic acids is 1. The van der Waals surface area contributed by atoms with Crippen molar-refractivity contribution in [3.05, 3.63) is 151 Å². The van der Waals surface area contributed by atoms with Gasteiger partial charge in [0.1, 0.15) is 64.8 Å². The highest BCUT2D eigenvalue weighted by Gasteiger charge is 2.52. The molecule has 6 aromatic rings. The number of pyridine rings is 1. The summed E-state index contributed by atoms with van der Waals surface area (Å²) in [6, 6.07) is 12.0. The number of aromatic nitrogens is 4. The highest BCUT2D eigenvalue weighted by Crippen LogP contribution is 2.53. The van der Waals surface area contributed by atoms with Crippen LogP contribution in [0.2, 0.25) is 0 Å². The SMILES string of the molecule is CC(=O)O[C@H]1[C@H](C)[C@H](O)[C@H](C)[C@@H](O)[C@@H](C(C)OC(=O)C(C)(C)CC(=O)O)/C=C/C=C(/C)C(=O)Nc2c3oc4cc(N5CCCn6nc(C(=O)N7Cc8cc(-c9ccc%10c(=O)c(C(=O)O)cn(C%11CC%11)c%10c9OC(F)F)ccc8[C@H]7C)cc6C5)cc(O)c4nc-3c3c4c(c(C)c(O)c3c2=O)O[C@](C)(O/C=C/[C@H](O[C@H]2C[C@@H]3OCO[C@@H]3[C@@H](C)O2)[C@H]1C)C4=O. The van der Waals surface area contributed by atoms with Crippen LogP contribution in [-0.2, 0) is 72.0 Å². The van der Waals surface area contributed by atoms with Gasteiger partial charge in [0, 0.05) is 116 Å². The van der Waals surface area contributed by atoms with Crippen molar-refractivity contribution < 1.29 is 120 Å². The van der Waals surface area contributed by atoms with Crippen LogP contribution in [0.1, 0.15) is 174 Å². The van der Waals surface area contributed by atoms with Crippen molar-refractivity contribution in [3.8, 4) is 45.6 Å². The number of carbonyl (C=O) groups excluding carboxylic acids is 5. The van der Waals surface area contributed by atoms with Crippen molar-refractivity contribution in [2.24, 2.45) is 29.1 Å². The van der Waals surface area contributed by atoms with Crippen LogP contribution >= 0.6 is 0 Å². The van der Waals surface area contributed by atoms with E-state index in [2.05, 4.69) is 5.32 Å². The Kier molecular flexibility index (Phi) is 22.6. The first-order valence-electron chi connectivity index (χ1n) is 40.1. The summed E-state index contributed by atoms with van der Waals surface area (Å²) in [7, 11) is 0. The predicted octanol–water partition coefficient (Wildman–Crippen LogP) is 11.3. The summed E-state index contributed by atoms with van der Waals surface area (Å²) < 4.78 is 93.5. The third-order valence-electron chi connectivity index (χ3n) is 24.5. The second-order valence-electron chi connectivity index (χ2n) is 33.3. The number of allylic oxidation sites excluding steroid dienone is 2. The Balaban J connectivity index is 0.788. The zero-order chi connectivity index (χ0) is 86.8. The van der Waals surface area contributed by atoms with Gasteiger partial charge in [-0.3, -0.25) is 43.0 Å². The number of anilines is 2. The van der Waals surface area contributed by atoms with Crippen molar-refractivity contribution in [2.45, 2.75) is 214 Å². The lowest BCUT2D eigenvalue weighted by Gasteiger charge is -2.41. The Morgan fingerprint density at radius 1 is 0.876 bits per heavy atom. The van der Waals surface area contributed by atoms with E-state index >= 15 is 9.59 Å². The van der Waals surface area contributed by atoms with Crippen molar-refractivity contribution >= 4 is 85.6 Å². The van der Waals surface area contributed by atoms with E-state index in [0.717, 1.165) is 11.8 Å². The number of halogens is 2. The van der Waals surface area contributed by atoms with Gasteiger partial charge in [-0.2, -0.15) is 13.9 Å². The van der Waals surface area contributed by atoms with Crippen LogP contribution in [0.15, 0.2) is 105 Å². The molecule has 1 saturated carbocycles. The molecule has 34 heteroatoms. The molecule has 1 unspecified atom stereocenters. The molecule has 4 aromatic carbocycles. The van der Waals surface area contributed by atoms with E-state index in [9.17, 15) is 73.0 Å². The molecule has 8 aliphatic heterocycles. The molecule has 2 aliphatic carbocycles. The smallest absolute Gasteiger partial charge is 0.387 e. The first kappa shape index (κ1) is 84.3. The number of aryl methyl sites for hydroxylation is 1. The minimum absolute atomic E-state index is 0.00411. The van der Waals surface area contributed by atoms with Crippen molar-refractivity contribution in [1.82, 2.24) is 24.2 Å². The molecule has 0 radical (unpaired) electrons. The van der Waals surface area contributed by atoms with E-state index < -0.39 is 195 Å². The van der Waals surface area contributed by atoms with Crippen molar-refractivity contribution in [1.29, 1.82) is 0 Å². The van der Waals surface area contributed by atoms with Gasteiger partial charge in [0.2, 0.25) is 10.9 Å². The summed E-state index contributed by atoms with van der Waals surface area (Å²) in [5.74, 6) is -15.6. The molecule has 15 atom stereocenters. The number of carboxylic acid groups (broad SMARTS) is 2.